The number of ether oxygens (including phenoxy) is 1. The number of hydrogen-bond acceptors (Lipinski definition) is 4. The number of carbonyl (C=O) groups is 1. The van der Waals surface area contributed by atoms with E-state index < -0.39 is 41.0 Å². The molecule has 6 nitrogen and oxygen atoms in total. The van der Waals surface area contributed by atoms with Crippen molar-refractivity contribution in [3.05, 3.63) is 81.5 Å². The molecule has 36 heavy (non-hydrogen) atoms. The van der Waals surface area contributed by atoms with Crippen molar-refractivity contribution in [3.8, 4) is 5.75 Å². The summed E-state index contributed by atoms with van der Waals surface area (Å²) < 4.78 is 72.7. The summed E-state index contributed by atoms with van der Waals surface area (Å²) in [6.45, 7) is -0.353. The highest BCUT2D eigenvalue weighted by molar-refractivity contribution is 7.80. The number of hydrogen-bond donors (Lipinski definition) is 1. The molecule has 0 unspecified atom stereocenters. The first-order chi connectivity index (χ1) is 17.1. The first kappa shape index (κ1) is 25.6. The van der Waals surface area contributed by atoms with E-state index in [1.165, 1.54) is 54.5 Å². The molecule has 1 fully saturated rings. The van der Waals surface area contributed by atoms with Crippen LogP contribution in [0.5, 0.6) is 5.75 Å². The molecule has 1 N–H and O–H groups in total. The van der Waals surface area contributed by atoms with Crippen LogP contribution in [-0.4, -0.2) is 27.9 Å². The number of nitrogens with one attached hydrogen (secondary N) is 1. The second-order valence-corrected chi connectivity index (χ2v) is 8.28. The van der Waals surface area contributed by atoms with Crippen molar-refractivity contribution < 1.29 is 31.5 Å². The maximum absolute atomic E-state index is 13.6. The van der Waals surface area contributed by atoms with Crippen LogP contribution in [0.4, 0.5) is 27.6 Å². The standard InChI is InChI=1S/C23H16ClF5N4O2S/c1-35-16-7-2-11(8-12(16)10-32-19(21(28)29)17(24)18(31-32)20(26)27)9-15-22(34)33(23(36)30-15)14-5-3-13(25)4-6-14/h2-9,20-21H,10H2,1H3,(H,30,36)/b15-9+. The maximum Gasteiger partial charge on any atom is 0.283 e. The number of amides is 1. The van der Waals surface area contributed by atoms with Gasteiger partial charge in [0.05, 0.1) is 24.4 Å². The number of carbonyl (C=O) groups excluding carboxylic acids is 1. The minimum absolute atomic E-state index is 0.0823. The Balaban J connectivity index is 1.67. The van der Waals surface area contributed by atoms with Crippen LogP contribution in [-0.2, 0) is 11.3 Å². The van der Waals surface area contributed by atoms with Crippen LogP contribution in [0.25, 0.3) is 6.08 Å². The van der Waals surface area contributed by atoms with Crippen LogP contribution < -0.4 is 15.0 Å². The molecule has 1 saturated heterocycles. The number of methoxy groups -OCH3 is 1. The van der Waals surface area contributed by atoms with Gasteiger partial charge in [-0.05, 0) is 60.3 Å². The number of rotatable bonds is 7. The van der Waals surface area contributed by atoms with E-state index in [9.17, 15) is 26.7 Å². The van der Waals surface area contributed by atoms with Gasteiger partial charge in [0.25, 0.3) is 18.8 Å². The van der Waals surface area contributed by atoms with E-state index in [4.69, 9.17) is 28.6 Å². The molecule has 0 aliphatic carbocycles. The minimum Gasteiger partial charge on any atom is -0.496 e. The fourth-order valence-corrected chi connectivity index (χ4v) is 4.24. The molecule has 3 aromatic rings. The SMILES string of the molecule is COc1ccc(/C=C2/NC(=S)N(c3ccc(F)cc3)C2=O)cc1Cn1nc(C(F)F)c(Cl)c1C(F)F. The third-order valence-electron chi connectivity index (χ3n) is 5.27. The molecule has 1 aliphatic rings. The predicted molar refractivity (Wildman–Crippen MR) is 127 cm³/mol. The molecule has 1 amide bonds. The van der Waals surface area contributed by atoms with Gasteiger partial charge in [0.2, 0.25) is 0 Å². The minimum atomic E-state index is -3.15. The summed E-state index contributed by atoms with van der Waals surface area (Å²) in [5.74, 6) is -0.693. The highest BCUT2D eigenvalue weighted by Gasteiger charge is 2.32. The Kier molecular flexibility index (Phi) is 7.27. The molecule has 0 radical (unpaired) electrons. The van der Waals surface area contributed by atoms with E-state index in [1.54, 1.807) is 6.07 Å². The molecule has 2 aromatic carbocycles. The fraction of sp³-hybridized carbons (Fsp3) is 0.174. The van der Waals surface area contributed by atoms with E-state index in [1.807, 2.05) is 0 Å². The Bertz CT molecular complexity index is 1360. The lowest BCUT2D eigenvalue weighted by Crippen LogP contribution is -2.30. The van der Waals surface area contributed by atoms with Gasteiger partial charge in [0.1, 0.15) is 28.7 Å². The Morgan fingerprint density at radius 2 is 1.83 bits per heavy atom. The highest BCUT2D eigenvalue weighted by Crippen LogP contribution is 2.35. The molecule has 2 heterocycles. The van der Waals surface area contributed by atoms with E-state index in [-0.39, 0.29) is 23.1 Å². The largest absolute Gasteiger partial charge is 0.496 e. The number of nitrogens with zero attached hydrogens (tertiary/aromatic N) is 3. The van der Waals surface area contributed by atoms with Crippen molar-refractivity contribution in [1.82, 2.24) is 15.1 Å². The number of benzene rings is 2. The summed E-state index contributed by atoms with van der Waals surface area (Å²) in [5.41, 5.74) is -0.544. The van der Waals surface area contributed by atoms with Gasteiger partial charge in [0, 0.05) is 5.56 Å². The molecule has 1 aromatic heterocycles. The van der Waals surface area contributed by atoms with Gasteiger partial charge in [-0.25, -0.2) is 22.0 Å². The first-order valence-corrected chi connectivity index (χ1v) is 11.0. The van der Waals surface area contributed by atoms with Crippen LogP contribution in [0, 0.1) is 5.82 Å². The molecule has 0 spiro atoms. The van der Waals surface area contributed by atoms with Crippen molar-refractivity contribution in [1.29, 1.82) is 0 Å². The summed E-state index contributed by atoms with van der Waals surface area (Å²) in [4.78, 5) is 14.1. The van der Waals surface area contributed by atoms with Crippen LogP contribution in [0.2, 0.25) is 5.02 Å². The number of aromatic nitrogens is 2. The summed E-state index contributed by atoms with van der Waals surface area (Å²) in [6, 6.07) is 9.84. The zero-order valence-corrected chi connectivity index (χ0v) is 19.9. The molecule has 188 valence electrons. The molecular weight excluding hydrogens is 527 g/mol. The third kappa shape index (κ3) is 4.91. The zero-order valence-electron chi connectivity index (χ0n) is 18.3. The molecule has 0 bridgehead atoms. The van der Waals surface area contributed by atoms with Crippen LogP contribution in [0.1, 0.15) is 35.4 Å². The van der Waals surface area contributed by atoms with E-state index in [2.05, 4.69) is 10.4 Å². The average Bonchev–Trinajstić information content (AvgIpc) is 3.30. The summed E-state index contributed by atoms with van der Waals surface area (Å²) in [7, 11) is 1.35. The summed E-state index contributed by atoms with van der Waals surface area (Å²) in [5, 5.41) is 5.64. The predicted octanol–water partition coefficient (Wildman–Crippen LogP) is 5.87. The molecule has 13 heteroatoms. The normalized spacial score (nSPS) is 14.9. The highest BCUT2D eigenvalue weighted by atomic mass is 35.5. The molecule has 4 rings (SSSR count). The molecule has 1 aliphatic heterocycles. The van der Waals surface area contributed by atoms with Gasteiger partial charge >= 0.3 is 0 Å². The van der Waals surface area contributed by atoms with E-state index in [0.717, 1.165) is 0 Å². The molecular formula is C23H16ClF5N4O2S. The van der Waals surface area contributed by atoms with Crippen LogP contribution in [0.3, 0.4) is 0 Å². The maximum atomic E-state index is 13.6. The summed E-state index contributed by atoms with van der Waals surface area (Å²) in [6.07, 6.45) is -4.82. The van der Waals surface area contributed by atoms with Gasteiger partial charge < -0.3 is 10.1 Å². The van der Waals surface area contributed by atoms with E-state index >= 15 is 0 Å². The van der Waals surface area contributed by atoms with Crippen molar-refractivity contribution >= 4 is 46.6 Å². The van der Waals surface area contributed by atoms with Crippen LogP contribution >= 0.6 is 23.8 Å². The number of alkyl halides is 4. The zero-order chi connectivity index (χ0) is 26.1. The quantitative estimate of drug-likeness (QED) is 0.230. The van der Waals surface area contributed by atoms with Crippen LogP contribution in [0.15, 0.2) is 48.2 Å². The van der Waals surface area contributed by atoms with Crippen molar-refractivity contribution in [3.63, 3.8) is 0 Å². The number of thiocarbonyl (C=S) groups is 1. The third-order valence-corrected chi connectivity index (χ3v) is 5.94. The molecule has 0 saturated carbocycles. The van der Waals surface area contributed by atoms with Gasteiger partial charge in [-0.2, -0.15) is 5.10 Å². The lowest BCUT2D eigenvalue weighted by molar-refractivity contribution is -0.113. The second kappa shape index (κ2) is 10.2. The smallest absolute Gasteiger partial charge is 0.283 e. The monoisotopic (exact) mass is 542 g/mol. The first-order valence-electron chi connectivity index (χ1n) is 10.2. The van der Waals surface area contributed by atoms with Gasteiger partial charge in [-0.15, -0.1) is 0 Å². The van der Waals surface area contributed by atoms with Crippen molar-refractivity contribution in [2.75, 3.05) is 12.0 Å². The Morgan fingerprint density at radius 3 is 2.44 bits per heavy atom. The van der Waals surface area contributed by atoms with E-state index in [0.29, 0.717) is 21.5 Å². The van der Waals surface area contributed by atoms with Gasteiger partial charge in [0.15, 0.2) is 5.11 Å². The number of halogens is 6. The van der Waals surface area contributed by atoms with Crippen molar-refractivity contribution in [2.45, 2.75) is 19.4 Å². The Morgan fingerprint density at radius 1 is 1.14 bits per heavy atom. The van der Waals surface area contributed by atoms with Gasteiger partial charge in [-0.3, -0.25) is 14.4 Å². The number of anilines is 1. The topological polar surface area (TPSA) is 59.4 Å². The summed E-state index contributed by atoms with van der Waals surface area (Å²) >= 11 is 11.0. The second-order valence-electron chi connectivity index (χ2n) is 7.52. The average molecular weight is 543 g/mol. The fourth-order valence-electron chi connectivity index (χ4n) is 3.64. The van der Waals surface area contributed by atoms with Gasteiger partial charge in [-0.1, -0.05) is 17.7 Å². The Hall–Kier alpha value is -3.51. The molecule has 0 atom stereocenters. The van der Waals surface area contributed by atoms with Crippen molar-refractivity contribution in [2.24, 2.45) is 0 Å². The lowest BCUT2D eigenvalue weighted by atomic mass is 10.1. The Labute approximate surface area is 211 Å². The lowest BCUT2D eigenvalue weighted by Gasteiger charge is -2.13.